The van der Waals surface area contributed by atoms with E-state index in [4.69, 9.17) is 0 Å². The van der Waals surface area contributed by atoms with E-state index in [2.05, 4.69) is 13.8 Å². The van der Waals surface area contributed by atoms with Crippen LogP contribution in [0.5, 0.6) is 0 Å². The van der Waals surface area contributed by atoms with Crippen molar-refractivity contribution in [3.05, 3.63) is 0 Å². The first kappa shape index (κ1) is 48.7. The number of carbonyl (C=O) groups excluding carboxylic acids is 1. The minimum absolute atomic E-state index is 0.533. The van der Waals surface area contributed by atoms with Crippen molar-refractivity contribution >= 4 is 5.78 Å². The first-order chi connectivity index (χ1) is 24.3. The molecule has 0 rings (SSSR count). The van der Waals surface area contributed by atoms with Gasteiger partial charge in [0.15, 0.2) is 0 Å². The van der Waals surface area contributed by atoms with Crippen LogP contribution < -0.4 is 0 Å². The maximum Gasteiger partial charge on any atom is 0.132 e. The Morgan fingerprint density at radius 2 is 0.327 bits per heavy atom. The van der Waals surface area contributed by atoms with Crippen LogP contribution in [0.2, 0.25) is 0 Å². The number of Topliss-reactive ketones (excluding diaryl/α,β-unsaturated/α-hetero) is 1. The molecule has 0 aliphatic rings. The Balaban J connectivity index is 3.13. The monoisotopic (exact) mass is 689 g/mol. The summed E-state index contributed by atoms with van der Waals surface area (Å²) in [6, 6.07) is 0. The van der Waals surface area contributed by atoms with E-state index in [0.29, 0.717) is 5.78 Å². The summed E-state index contributed by atoms with van der Waals surface area (Å²) in [6.45, 7) is 4.61. The third-order valence-electron chi connectivity index (χ3n) is 11.4. The first-order valence-electron chi connectivity index (χ1n) is 23.8. The van der Waals surface area contributed by atoms with Crippen LogP contribution in [0.1, 0.15) is 303 Å². The Morgan fingerprint density at radius 1 is 0.204 bits per heavy atom. The van der Waals surface area contributed by atoms with Gasteiger partial charge in [0.2, 0.25) is 0 Å². The van der Waals surface area contributed by atoms with Gasteiger partial charge < -0.3 is 0 Å². The fraction of sp³-hybridized carbons (Fsp3) is 0.979. The molecular weight excluding hydrogens is 593 g/mol. The van der Waals surface area contributed by atoms with Gasteiger partial charge in [0.1, 0.15) is 5.78 Å². The summed E-state index contributed by atoms with van der Waals surface area (Å²) in [5.74, 6) is 0.533. The summed E-state index contributed by atoms with van der Waals surface area (Å²) in [5, 5.41) is 0. The van der Waals surface area contributed by atoms with Crippen LogP contribution in [0, 0.1) is 0 Å². The lowest BCUT2D eigenvalue weighted by Crippen LogP contribution is -1.97. The van der Waals surface area contributed by atoms with Gasteiger partial charge in [-0.2, -0.15) is 0 Å². The molecule has 1 heteroatoms. The lowest BCUT2D eigenvalue weighted by Gasteiger charge is -2.05. The summed E-state index contributed by atoms with van der Waals surface area (Å²) in [4.78, 5) is 12.2. The SMILES string of the molecule is CCCCCCCCCCCCCCCCCCCCCCCCCCCCC(=O)CCCCCCCCCCCCCCCCCCC. The Kier molecular flexibility index (Phi) is 45.4. The molecule has 1 nitrogen and oxygen atoms in total. The average Bonchev–Trinajstić information content (AvgIpc) is 3.11. The lowest BCUT2D eigenvalue weighted by molar-refractivity contribution is -0.119. The van der Waals surface area contributed by atoms with Crippen LogP contribution in [-0.2, 0) is 4.79 Å². The summed E-state index contributed by atoms with van der Waals surface area (Å²) < 4.78 is 0. The Bertz CT molecular complexity index is 582. The summed E-state index contributed by atoms with van der Waals surface area (Å²) in [6.07, 6.45) is 62.8. The Morgan fingerprint density at radius 3 is 0.469 bits per heavy atom. The smallest absolute Gasteiger partial charge is 0.132 e. The molecule has 0 saturated heterocycles. The van der Waals surface area contributed by atoms with Gasteiger partial charge in [0.05, 0.1) is 0 Å². The van der Waals surface area contributed by atoms with E-state index in [-0.39, 0.29) is 0 Å². The van der Waals surface area contributed by atoms with Gasteiger partial charge in [0.25, 0.3) is 0 Å². The molecule has 0 bridgehead atoms. The highest BCUT2D eigenvalue weighted by molar-refractivity contribution is 5.78. The lowest BCUT2D eigenvalue weighted by atomic mass is 10.0. The van der Waals surface area contributed by atoms with Gasteiger partial charge >= 0.3 is 0 Å². The molecule has 0 amide bonds. The quantitative estimate of drug-likeness (QED) is 0.0582. The Labute approximate surface area is 312 Å². The Hall–Kier alpha value is -0.330. The van der Waals surface area contributed by atoms with Gasteiger partial charge in [-0.3, -0.25) is 4.79 Å². The predicted octanol–water partition coefficient (Wildman–Crippen LogP) is 18.1. The van der Waals surface area contributed by atoms with E-state index in [9.17, 15) is 4.79 Å². The van der Waals surface area contributed by atoms with Crippen molar-refractivity contribution in [1.82, 2.24) is 0 Å². The third kappa shape index (κ3) is 45.6. The predicted molar refractivity (Wildman–Crippen MR) is 224 cm³/mol. The van der Waals surface area contributed by atoms with Crippen molar-refractivity contribution in [2.45, 2.75) is 303 Å². The van der Waals surface area contributed by atoms with Crippen LogP contribution in [0.4, 0.5) is 0 Å². The van der Waals surface area contributed by atoms with E-state index >= 15 is 0 Å². The molecule has 0 aromatic rings. The first-order valence-corrected chi connectivity index (χ1v) is 23.8. The van der Waals surface area contributed by atoms with Crippen LogP contribution in [0.3, 0.4) is 0 Å². The molecule has 0 radical (unpaired) electrons. The number of ketones is 1. The number of carbonyl (C=O) groups is 1. The third-order valence-corrected chi connectivity index (χ3v) is 11.4. The van der Waals surface area contributed by atoms with E-state index in [1.165, 1.54) is 263 Å². The molecule has 0 heterocycles. The molecule has 0 saturated carbocycles. The topological polar surface area (TPSA) is 17.1 Å². The van der Waals surface area contributed by atoms with Crippen molar-refractivity contribution in [1.29, 1.82) is 0 Å². The fourth-order valence-electron chi connectivity index (χ4n) is 7.81. The molecule has 0 unspecified atom stereocenters. The number of hydrogen-bond donors (Lipinski definition) is 0. The van der Waals surface area contributed by atoms with Gasteiger partial charge in [-0.05, 0) is 12.8 Å². The van der Waals surface area contributed by atoms with E-state index in [1.54, 1.807) is 0 Å². The summed E-state index contributed by atoms with van der Waals surface area (Å²) in [5.41, 5.74) is 0. The second-order valence-corrected chi connectivity index (χ2v) is 16.5. The minimum Gasteiger partial charge on any atom is -0.300 e. The number of unbranched alkanes of at least 4 members (excludes halogenated alkanes) is 41. The van der Waals surface area contributed by atoms with Crippen molar-refractivity contribution in [2.75, 3.05) is 0 Å². The van der Waals surface area contributed by atoms with Crippen molar-refractivity contribution in [3.63, 3.8) is 0 Å². The fourth-order valence-corrected chi connectivity index (χ4v) is 7.81. The van der Waals surface area contributed by atoms with Gasteiger partial charge in [-0.25, -0.2) is 0 Å². The van der Waals surface area contributed by atoms with E-state index in [1.807, 2.05) is 0 Å². The van der Waals surface area contributed by atoms with Crippen molar-refractivity contribution in [2.24, 2.45) is 0 Å². The zero-order chi connectivity index (χ0) is 35.4. The number of hydrogen-bond acceptors (Lipinski definition) is 1. The molecule has 294 valence electrons. The second kappa shape index (κ2) is 45.7. The van der Waals surface area contributed by atoms with Crippen LogP contribution in [-0.4, -0.2) is 5.78 Å². The molecule has 0 aromatic carbocycles. The molecule has 0 aliphatic heterocycles. The largest absolute Gasteiger partial charge is 0.300 e. The normalized spacial score (nSPS) is 11.6. The van der Waals surface area contributed by atoms with Crippen molar-refractivity contribution < 1.29 is 4.79 Å². The highest BCUT2D eigenvalue weighted by atomic mass is 16.1. The maximum absolute atomic E-state index is 12.2. The van der Waals surface area contributed by atoms with Gasteiger partial charge in [0, 0.05) is 12.8 Å². The van der Waals surface area contributed by atoms with Gasteiger partial charge in [-0.1, -0.05) is 277 Å². The molecule has 0 spiro atoms. The molecule has 0 atom stereocenters. The highest BCUT2D eigenvalue weighted by Crippen LogP contribution is 2.18. The van der Waals surface area contributed by atoms with Crippen LogP contribution in [0.15, 0.2) is 0 Å². The molecule has 0 N–H and O–H groups in total. The van der Waals surface area contributed by atoms with Crippen LogP contribution >= 0.6 is 0 Å². The standard InChI is InChI=1S/C48H96O/c1-3-5-7-9-11-13-15-17-19-21-22-23-24-25-26-27-28-29-31-33-35-37-39-41-43-45-47-48(49)46-44-42-40-38-36-34-32-30-20-18-16-14-12-10-8-6-4-2/h3-47H2,1-2H3. The second-order valence-electron chi connectivity index (χ2n) is 16.5. The van der Waals surface area contributed by atoms with E-state index in [0.717, 1.165) is 25.7 Å². The zero-order valence-electron chi connectivity index (χ0n) is 34.7. The molecule has 49 heavy (non-hydrogen) atoms. The molecule has 0 fully saturated rings. The summed E-state index contributed by atoms with van der Waals surface area (Å²) in [7, 11) is 0. The zero-order valence-corrected chi connectivity index (χ0v) is 34.7. The number of rotatable bonds is 45. The minimum atomic E-state index is 0.533. The van der Waals surface area contributed by atoms with Gasteiger partial charge in [-0.15, -0.1) is 0 Å². The molecular formula is C48H96O. The highest BCUT2D eigenvalue weighted by Gasteiger charge is 2.03. The molecule has 0 aliphatic carbocycles. The maximum atomic E-state index is 12.2. The average molecular weight is 689 g/mol. The molecule has 0 aromatic heterocycles. The van der Waals surface area contributed by atoms with E-state index < -0.39 is 0 Å². The summed E-state index contributed by atoms with van der Waals surface area (Å²) >= 11 is 0. The van der Waals surface area contributed by atoms with Crippen molar-refractivity contribution in [3.8, 4) is 0 Å². The van der Waals surface area contributed by atoms with Crippen LogP contribution in [0.25, 0.3) is 0 Å².